The van der Waals surface area contributed by atoms with Crippen LogP contribution in [0.25, 0.3) is 22.3 Å². The summed E-state index contributed by atoms with van der Waals surface area (Å²) in [6.07, 6.45) is 1.54. The molecule has 0 aliphatic carbocycles. The molecule has 0 spiro atoms. The molecule has 0 saturated heterocycles. The van der Waals surface area contributed by atoms with E-state index in [1.54, 1.807) is 0 Å². The van der Waals surface area contributed by atoms with Crippen molar-refractivity contribution in [2.45, 2.75) is 0 Å². The first-order valence-corrected chi connectivity index (χ1v) is 6.60. The van der Waals surface area contributed by atoms with Gasteiger partial charge in [-0.05, 0) is 22.8 Å². The molecule has 0 aliphatic rings. The summed E-state index contributed by atoms with van der Waals surface area (Å²) < 4.78 is 0. The van der Waals surface area contributed by atoms with Crippen LogP contribution in [0.3, 0.4) is 0 Å². The molecule has 3 rings (SSSR count). The zero-order valence-corrected chi connectivity index (χ0v) is 11.2. The van der Waals surface area contributed by atoms with Gasteiger partial charge in [-0.15, -0.1) is 0 Å². The fourth-order valence-electron chi connectivity index (χ4n) is 2.38. The van der Waals surface area contributed by atoms with E-state index in [9.17, 15) is 9.90 Å². The summed E-state index contributed by atoms with van der Waals surface area (Å²) in [7, 11) is 0. The molecular weight excluding hydrogens is 262 g/mol. The molecule has 0 atom stereocenters. The summed E-state index contributed by atoms with van der Waals surface area (Å²) in [6.45, 7) is 0. The largest absolute Gasteiger partial charge is 0.476 e. The minimum absolute atomic E-state index is 0.0718. The number of carboxylic acids is 1. The first-order valence-electron chi connectivity index (χ1n) is 6.60. The molecule has 1 heterocycles. The topological polar surface area (TPSA) is 50.2 Å². The molecule has 21 heavy (non-hydrogen) atoms. The van der Waals surface area contributed by atoms with Crippen LogP contribution < -0.4 is 0 Å². The molecule has 0 aliphatic heterocycles. The molecule has 3 nitrogen and oxygen atoms in total. The Labute approximate surface area is 122 Å². The van der Waals surface area contributed by atoms with Crippen molar-refractivity contribution in [2.75, 3.05) is 0 Å². The van der Waals surface area contributed by atoms with Crippen molar-refractivity contribution in [1.29, 1.82) is 0 Å². The maximum Gasteiger partial charge on any atom is 0.355 e. The average molecular weight is 275 g/mol. The van der Waals surface area contributed by atoms with Gasteiger partial charge in [0.1, 0.15) is 0 Å². The Kier molecular flexibility index (Phi) is 3.48. The molecule has 102 valence electrons. The second-order valence-electron chi connectivity index (χ2n) is 4.62. The van der Waals surface area contributed by atoms with Gasteiger partial charge in [0.15, 0.2) is 5.69 Å². The quantitative estimate of drug-likeness (QED) is 0.782. The van der Waals surface area contributed by atoms with Crippen molar-refractivity contribution < 1.29 is 9.90 Å². The van der Waals surface area contributed by atoms with E-state index in [1.807, 2.05) is 66.7 Å². The zero-order chi connectivity index (χ0) is 14.7. The number of carboxylic acid groups (broad SMARTS) is 1. The fraction of sp³-hybridized carbons (Fsp3) is 0. The second-order valence-corrected chi connectivity index (χ2v) is 4.62. The van der Waals surface area contributed by atoms with E-state index in [1.165, 1.54) is 6.20 Å². The highest BCUT2D eigenvalue weighted by Gasteiger charge is 2.17. The predicted octanol–water partition coefficient (Wildman–Crippen LogP) is 4.11. The van der Waals surface area contributed by atoms with Crippen molar-refractivity contribution >= 4 is 5.97 Å². The van der Waals surface area contributed by atoms with Crippen LogP contribution in [0, 0.1) is 0 Å². The lowest BCUT2D eigenvalue weighted by molar-refractivity contribution is 0.0691. The normalized spacial score (nSPS) is 10.3. The van der Waals surface area contributed by atoms with E-state index in [0.29, 0.717) is 5.56 Å². The molecular formula is C18H13NO2. The molecule has 0 unspecified atom stereocenters. The van der Waals surface area contributed by atoms with E-state index >= 15 is 0 Å². The molecule has 0 amide bonds. The van der Waals surface area contributed by atoms with Crippen LogP contribution in [0.15, 0.2) is 72.9 Å². The Morgan fingerprint density at radius 1 is 0.810 bits per heavy atom. The zero-order valence-electron chi connectivity index (χ0n) is 11.2. The van der Waals surface area contributed by atoms with E-state index < -0.39 is 5.97 Å². The number of aromatic carboxylic acids is 1. The third-order valence-corrected chi connectivity index (χ3v) is 3.30. The van der Waals surface area contributed by atoms with Gasteiger partial charge >= 0.3 is 5.97 Å². The number of pyridine rings is 1. The lowest BCUT2D eigenvalue weighted by Crippen LogP contribution is -2.04. The summed E-state index contributed by atoms with van der Waals surface area (Å²) in [5, 5.41) is 9.44. The average Bonchev–Trinajstić information content (AvgIpc) is 2.55. The van der Waals surface area contributed by atoms with Crippen LogP contribution in [0.1, 0.15) is 10.5 Å². The Morgan fingerprint density at radius 2 is 1.38 bits per heavy atom. The van der Waals surface area contributed by atoms with E-state index in [2.05, 4.69) is 4.98 Å². The Hall–Kier alpha value is -2.94. The van der Waals surface area contributed by atoms with Crippen molar-refractivity contribution in [3.63, 3.8) is 0 Å². The fourth-order valence-corrected chi connectivity index (χ4v) is 2.38. The summed E-state index contributed by atoms with van der Waals surface area (Å²) in [6, 6.07) is 21.1. The molecule has 1 N–H and O–H groups in total. The van der Waals surface area contributed by atoms with Gasteiger partial charge in [0.2, 0.25) is 0 Å². The standard InChI is InChI=1S/C18H13NO2/c20-18(21)17-16(14-9-5-2-6-10-14)15(11-12-19-17)13-7-3-1-4-8-13/h1-12H,(H,20,21). The van der Waals surface area contributed by atoms with Gasteiger partial charge in [-0.2, -0.15) is 0 Å². The van der Waals surface area contributed by atoms with Crippen molar-refractivity contribution in [3.8, 4) is 22.3 Å². The summed E-state index contributed by atoms with van der Waals surface area (Å²) in [5.41, 5.74) is 3.41. The second kappa shape index (κ2) is 5.59. The molecule has 1 aromatic heterocycles. The maximum absolute atomic E-state index is 11.5. The van der Waals surface area contributed by atoms with Gasteiger partial charge in [-0.1, -0.05) is 60.7 Å². The molecule has 3 aromatic rings. The van der Waals surface area contributed by atoms with Gasteiger partial charge < -0.3 is 5.11 Å². The maximum atomic E-state index is 11.5. The van der Waals surface area contributed by atoms with Crippen LogP contribution in [-0.4, -0.2) is 16.1 Å². The first kappa shape index (κ1) is 13.1. The lowest BCUT2D eigenvalue weighted by atomic mass is 9.93. The number of nitrogens with zero attached hydrogens (tertiary/aromatic N) is 1. The summed E-state index contributed by atoms with van der Waals surface area (Å²) in [4.78, 5) is 15.6. The number of hydrogen-bond donors (Lipinski definition) is 1. The number of aromatic nitrogens is 1. The summed E-state index contributed by atoms with van der Waals surface area (Å²) >= 11 is 0. The smallest absolute Gasteiger partial charge is 0.355 e. The lowest BCUT2D eigenvalue weighted by Gasteiger charge is -2.12. The SMILES string of the molecule is O=C(O)c1nccc(-c2ccccc2)c1-c1ccccc1. The van der Waals surface area contributed by atoms with Crippen molar-refractivity contribution in [2.24, 2.45) is 0 Å². The Balaban J connectivity index is 2.31. The van der Waals surface area contributed by atoms with Crippen LogP contribution in [0.4, 0.5) is 0 Å². The van der Waals surface area contributed by atoms with Crippen molar-refractivity contribution in [1.82, 2.24) is 4.98 Å². The molecule has 0 saturated carbocycles. The van der Waals surface area contributed by atoms with E-state index in [0.717, 1.165) is 16.7 Å². The first-order chi connectivity index (χ1) is 10.3. The van der Waals surface area contributed by atoms with Crippen LogP contribution >= 0.6 is 0 Å². The Morgan fingerprint density at radius 3 is 1.95 bits per heavy atom. The monoisotopic (exact) mass is 275 g/mol. The highest BCUT2D eigenvalue weighted by molar-refractivity contribution is 5.99. The third kappa shape index (κ3) is 2.54. The van der Waals surface area contributed by atoms with Crippen LogP contribution in [0.2, 0.25) is 0 Å². The highest BCUT2D eigenvalue weighted by atomic mass is 16.4. The van der Waals surface area contributed by atoms with Crippen molar-refractivity contribution in [3.05, 3.63) is 78.6 Å². The third-order valence-electron chi connectivity index (χ3n) is 3.30. The van der Waals surface area contributed by atoms with E-state index in [4.69, 9.17) is 0 Å². The molecule has 0 bridgehead atoms. The number of benzene rings is 2. The molecule has 0 fully saturated rings. The van der Waals surface area contributed by atoms with Gasteiger partial charge in [-0.25, -0.2) is 9.78 Å². The Bertz CT molecular complexity index is 768. The predicted molar refractivity (Wildman–Crippen MR) is 82.1 cm³/mol. The van der Waals surface area contributed by atoms with Gasteiger partial charge in [0.25, 0.3) is 0 Å². The molecule has 0 radical (unpaired) electrons. The summed E-state index contributed by atoms with van der Waals surface area (Å²) in [5.74, 6) is -1.02. The highest BCUT2D eigenvalue weighted by Crippen LogP contribution is 2.33. The van der Waals surface area contributed by atoms with Gasteiger partial charge in [0, 0.05) is 11.8 Å². The number of rotatable bonds is 3. The molecule has 3 heteroatoms. The van der Waals surface area contributed by atoms with Crippen LogP contribution in [0.5, 0.6) is 0 Å². The number of hydrogen-bond acceptors (Lipinski definition) is 2. The van der Waals surface area contributed by atoms with Gasteiger partial charge in [-0.3, -0.25) is 0 Å². The minimum Gasteiger partial charge on any atom is -0.476 e. The molecule has 2 aromatic carbocycles. The number of carbonyl (C=O) groups is 1. The van der Waals surface area contributed by atoms with E-state index in [-0.39, 0.29) is 5.69 Å². The minimum atomic E-state index is -1.02. The van der Waals surface area contributed by atoms with Gasteiger partial charge in [0.05, 0.1) is 0 Å². The van der Waals surface area contributed by atoms with Crippen LogP contribution in [-0.2, 0) is 0 Å².